The maximum absolute atomic E-state index is 13.0. The fraction of sp³-hybridized carbons (Fsp3) is 0.176. The molecule has 0 aliphatic carbocycles. The van der Waals surface area contributed by atoms with Crippen LogP contribution in [-0.2, 0) is 9.53 Å². The molecule has 25 heavy (non-hydrogen) atoms. The van der Waals surface area contributed by atoms with E-state index in [1.807, 2.05) is 0 Å². The predicted octanol–water partition coefficient (Wildman–Crippen LogP) is 4.33. The van der Waals surface area contributed by atoms with Crippen LogP contribution in [0.5, 0.6) is 5.75 Å². The summed E-state index contributed by atoms with van der Waals surface area (Å²) in [4.78, 5) is 24.4. The Morgan fingerprint density at radius 2 is 1.88 bits per heavy atom. The molecule has 1 atom stereocenters. The monoisotopic (exact) mass is 385 g/mol. The van der Waals surface area contributed by atoms with Gasteiger partial charge in [-0.3, -0.25) is 4.79 Å². The number of carbonyl (C=O) groups is 2. The second-order valence-electron chi connectivity index (χ2n) is 5.01. The zero-order valence-electron chi connectivity index (χ0n) is 13.3. The second-order valence-corrected chi connectivity index (χ2v) is 5.85. The molecule has 1 amide bonds. The van der Waals surface area contributed by atoms with Crippen molar-refractivity contribution in [2.24, 2.45) is 0 Å². The first-order chi connectivity index (χ1) is 11.8. The third-order valence-electron chi connectivity index (χ3n) is 3.22. The van der Waals surface area contributed by atoms with Gasteiger partial charge in [0.1, 0.15) is 17.1 Å². The van der Waals surface area contributed by atoms with Crippen LogP contribution in [-0.4, -0.2) is 25.1 Å². The maximum atomic E-state index is 13.0. The number of hydrogen-bond acceptors (Lipinski definition) is 4. The average molecular weight is 386 g/mol. The van der Waals surface area contributed by atoms with Gasteiger partial charge >= 0.3 is 5.97 Å². The minimum absolute atomic E-state index is 0.0309. The smallest absolute Gasteiger partial charge is 0.342 e. The summed E-state index contributed by atoms with van der Waals surface area (Å²) >= 11 is 11.7. The summed E-state index contributed by atoms with van der Waals surface area (Å²) in [6, 6.07) is 7.97. The van der Waals surface area contributed by atoms with Gasteiger partial charge in [-0.25, -0.2) is 9.18 Å². The predicted molar refractivity (Wildman–Crippen MR) is 92.9 cm³/mol. The molecular formula is C17H14Cl2FNO4. The lowest BCUT2D eigenvalue weighted by atomic mass is 10.2. The first-order valence-electron chi connectivity index (χ1n) is 7.12. The van der Waals surface area contributed by atoms with E-state index in [1.165, 1.54) is 32.2 Å². The van der Waals surface area contributed by atoms with Crippen LogP contribution in [0.25, 0.3) is 0 Å². The summed E-state index contributed by atoms with van der Waals surface area (Å²) < 4.78 is 23.2. The maximum Gasteiger partial charge on any atom is 0.342 e. The lowest BCUT2D eigenvalue weighted by Crippen LogP contribution is -2.30. The van der Waals surface area contributed by atoms with Gasteiger partial charge in [0.25, 0.3) is 5.91 Å². The van der Waals surface area contributed by atoms with E-state index in [-0.39, 0.29) is 22.0 Å². The summed E-state index contributed by atoms with van der Waals surface area (Å²) in [6.07, 6.45) is -1.13. The number of esters is 1. The minimum Gasteiger partial charge on any atom is -0.496 e. The summed E-state index contributed by atoms with van der Waals surface area (Å²) in [5, 5.41) is 2.82. The first kappa shape index (κ1) is 19.0. The SMILES string of the molecule is COc1ccc(Cl)cc1C(=O)OC(C)C(=O)Nc1ccc(F)cc1Cl. The van der Waals surface area contributed by atoms with E-state index >= 15 is 0 Å². The topological polar surface area (TPSA) is 64.6 Å². The van der Waals surface area contributed by atoms with E-state index in [0.29, 0.717) is 5.02 Å². The van der Waals surface area contributed by atoms with Gasteiger partial charge in [0.2, 0.25) is 0 Å². The molecule has 0 aliphatic rings. The summed E-state index contributed by atoms with van der Waals surface area (Å²) in [5.74, 6) is -1.66. The van der Waals surface area contributed by atoms with Crippen LogP contribution in [0, 0.1) is 5.82 Å². The largest absolute Gasteiger partial charge is 0.496 e. The van der Waals surface area contributed by atoms with Crippen LogP contribution in [0.15, 0.2) is 36.4 Å². The third kappa shape index (κ3) is 4.84. The molecule has 2 aromatic carbocycles. The van der Waals surface area contributed by atoms with Crippen molar-refractivity contribution in [1.29, 1.82) is 0 Å². The van der Waals surface area contributed by atoms with Gasteiger partial charge in [-0.15, -0.1) is 0 Å². The number of amides is 1. The minimum atomic E-state index is -1.13. The number of carbonyl (C=O) groups excluding carboxylic acids is 2. The van der Waals surface area contributed by atoms with Crippen molar-refractivity contribution in [2.45, 2.75) is 13.0 Å². The number of anilines is 1. The van der Waals surface area contributed by atoms with Crippen LogP contribution in [0.1, 0.15) is 17.3 Å². The molecule has 5 nitrogen and oxygen atoms in total. The number of hydrogen-bond donors (Lipinski definition) is 1. The second kappa shape index (κ2) is 8.18. The molecule has 1 N–H and O–H groups in total. The Balaban J connectivity index is 2.08. The third-order valence-corrected chi connectivity index (χ3v) is 3.77. The molecule has 2 aromatic rings. The van der Waals surface area contributed by atoms with Crippen LogP contribution >= 0.6 is 23.2 Å². The molecule has 0 bridgehead atoms. The molecule has 1 unspecified atom stereocenters. The molecule has 0 aromatic heterocycles. The van der Waals surface area contributed by atoms with Crippen molar-refractivity contribution in [3.63, 3.8) is 0 Å². The van der Waals surface area contributed by atoms with Crippen molar-refractivity contribution in [3.8, 4) is 5.75 Å². The molecule has 0 saturated carbocycles. The number of benzene rings is 2. The fourth-order valence-electron chi connectivity index (χ4n) is 1.94. The van der Waals surface area contributed by atoms with Gasteiger partial charge in [0, 0.05) is 5.02 Å². The fourth-order valence-corrected chi connectivity index (χ4v) is 2.33. The van der Waals surface area contributed by atoms with Crippen LogP contribution in [0.4, 0.5) is 10.1 Å². The Kier molecular flexibility index (Phi) is 6.22. The Morgan fingerprint density at radius 1 is 1.16 bits per heavy atom. The zero-order chi connectivity index (χ0) is 18.6. The van der Waals surface area contributed by atoms with Crippen molar-refractivity contribution < 1.29 is 23.5 Å². The highest BCUT2D eigenvalue weighted by atomic mass is 35.5. The van der Waals surface area contributed by atoms with Crippen molar-refractivity contribution in [1.82, 2.24) is 0 Å². The van der Waals surface area contributed by atoms with Gasteiger partial charge < -0.3 is 14.8 Å². The molecule has 0 radical (unpaired) electrons. The average Bonchev–Trinajstić information content (AvgIpc) is 2.57. The van der Waals surface area contributed by atoms with Crippen molar-refractivity contribution in [3.05, 3.63) is 57.8 Å². The lowest BCUT2D eigenvalue weighted by molar-refractivity contribution is -0.123. The zero-order valence-corrected chi connectivity index (χ0v) is 14.8. The van der Waals surface area contributed by atoms with Gasteiger partial charge in [0.15, 0.2) is 6.10 Å². The van der Waals surface area contributed by atoms with Gasteiger partial charge in [0.05, 0.1) is 17.8 Å². The first-order valence-corrected chi connectivity index (χ1v) is 7.88. The Labute approximate surface area is 153 Å². The molecule has 0 spiro atoms. The molecule has 0 fully saturated rings. The molecule has 8 heteroatoms. The van der Waals surface area contributed by atoms with Crippen LogP contribution in [0.3, 0.4) is 0 Å². The molecule has 2 rings (SSSR count). The van der Waals surface area contributed by atoms with E-state index in [9.17, 15) is 14.0 Å². The molecular weight excluding hydrogens is 372 g/mol. The molecule has 0 heterocycles. The number of ether oxygens (including phenoxy) is 2. The Bertz CT molecular complexity index is 813. The number of rotatable bonds is 5. The standard InChI is InChI=1S/C17H14Cl2FNO4/c1-9(16(22)21-14-5-4-11(20)8-13(14)19)25-17(23)12-7-10(18)3-6-15(12)24-2/h3-9H,1-2H3,(H,21,22). The van der Waals surface area contributed by atoms with Crippen LogP contribution in [0.2, 0.25) is 10.0 Å². The normalized spacial score (nSPS) is 11.6. The number of halogens is 3. The van der Waals surface area contributed by atoms with Crippen LogP contribution < -0.4 is 10.1 Å². The lowest BCUT2D eigenvalue weighted by Gasteiger charge is -2.15. The summed E-state index contributed by atoms with van der Waals surface area (Å²) in [6.45, 7) is 1.39. The Morgan fingerprint density at radius 3 is 2.52 bits per heavy atom. The number of methoxy groups -OCH3 is 1. The van der Waals surface area contributed by atoms with E-state index in [4.69, 9.17) is 32.7 Å². The summed E-state index contributed by atoms with van der Waals surface area (Å²) in [5.41, 5.74) is 0.297. The quantitative estimate of drug-likeness (QED) is 0.778. The molecule has 0 aliphatic heterocycles. The van der Waals surface area contributed by atoms with E-state index in [2.05, 4.69) is 5.32 Å². The summed E-state index contributed by atoms with van der Waals surface area (Å²) in [7, 11) is 1.40. The molecule has 0 saturated heterocycles. The van der Waals surface area contributed by atoms with E-state index in [1.54, 1.807) is 6.07 Å². The van der Waals surface area contributed by atoms with E-state index in [0.717, 1.165) is 12.1 Å². The van der Waals surface area contributed by atoms with Gasteiger partial charge in [-0.2, -0.15) is 0 Å². The highest BCUT2D eigenvalue weighted by molar-refractivity contribution is 6.33. The number of nitrogens with one attached hydrogen (secondary N) is 1. The molecule has 132 valence electrons. The van der Waals surface area contributed by atoms with Gasteiger partial charge in [-0.1, -0.05) is 23.2 Å². The van der Waals surface area contributed by atoms with E-state index < -0.39 is 23.8 Å². The highest BCUT2D eigenvalue weighted by Crippen LogP contribution is 2.25. The Hall–Kier alpha value is -2.31. The van der Waals surface area contributed by atoms with Crippen molar-refractivity contribution in [2.75, 3.05) is 12.4 Å². The van der Waals surface area contributed by atoms with Gasteiger partial charge in [-0.05, 0) is 43.3 Å². The highest BCUT2D eigenvalue weighted by Gasteiger charge is 2.22. The van der Waals surface area contributed by atoms with Crippen molar-refractivity contribution >= 4 is 40.8 Å².